The van der Waals surface area contributed by atoms with Crippen LogP contribution in [0.4, 0.5) is 0 Å². The lowest BCUT2D eigenvalue weighted by molar-refractivity contribution is -0.150. The van der Waals surface area contributed by atoms with E-state index in [2.05, 4.69) is 5.32 Å². The fourth-order valence-corrected chi connectivity index (χ4v) is 4.93. The molecule has 2 atom stereocenters. The highest BCUT2D eigenvalue weighted by Gasteiger charge is 2.49. The standard InChI is InChI=1S/C12H20N2O4S/c1-8(2)10-11(16)14(6-9(15)13-10)12(3)4-5-19(17,18)7-12/h8,10H,4-7H2,1-3H3,(H,13,15). The summed E-state index contributed by atoms with van der Waals surface area (Å²) in [6.07, 6.45) is 0.402. The van der Waals surface area contributed by atoms with Crippen LogP contribution in [0.3, 0.4) is 0 Å². The zero-order valence-corrected chi connectivity index (χ0v) is 12.3. The Labute approximate surface area is 113 Å². The largest absolute Gasteiger partial charge is 0.343 e. The first-order chi connectivity index (χ1) is 8.65. The quantitative estimate of drug-likeness (QED) is 0.746. The predicted molar refractivity (Wildman–Crippen MR) is 70.2 cm³/mol. The lowest BCUT2D eigenvalue weighted by Gasteiger charge is -2.43. The van der Waals surface area contributed by atoms with Crippen LogP contribution in [-0.4, -0.2) is 54.8 Å². The van der Waals surface area contributed by atoms with Gasteiger partial charge in [-0.05, 0) is 19.3 Å². The van der Waals surface area contributed by atoms with Crippen molar-refractivity contribution in [1.82, 2.24) is 10.2 Å². The van der Waals surface area contributed by atoms with E-state index in [1.54, 1.807) is 6.92 Å². The summed E-state index contributed by atoms with van der Waals surface area (Å²) < 4.78 is 23.3. The van der Waals surface area contributed by atoms with Crippen LogP contribution >= 0.6 is 0 Å². The second-order valence-corrected chi connectivity index (χ2v) is 8.24. The van der Waals surface area contributed by atoms with E-state index in [4.69, 9.17) is 0 Å². The Morgan fingerprint density at radius 1 is 1.37 bits per heavy atom. The monoisotopic (exact) mass is 288 g/mol. The highest BCUT2D eigenvalue weighted by molar-refractivity contribution is 7.91. The van der Waals surface area contributed by atoms with Crippen molar-refractivity contribution in [1.29, 1.82) is 0 Å². The van der Waals surface area contributed by atoms with Gasteiger partial charge in [0.1, 0.15) is 12.6 Å². The van der Waals surface area contributed by atoms with Gasteiger partial charge in [0, 0.05) is 0 Å². The molecule has 0 aromatic carbocycles. The number of rotatable bonds is 2. The molecule has 19 heavy (non-hydrogen) atoms. The van der Waals surface area contributed by atoms with Crippen molar-refractivity contribution in [3.63, 3.8) is 0 Å². The molecule has 2 aliphatic rings. The molecular weight excluding hydrogens is 268 g/mol. The van der Waals surface area contributed by atoms with Crippen molar-refractivity contribution < 1.29 is 18.0 Å². The van der Waals surface area contributed by atoms with E-state index in [0.29, 0.717) is 6.42 Å². The molecule has 0 aliphatic carbocycles. The highest BCUT2D eigenvalue weighted by atomic mass is 32.2. The second kappa shape index (κ2) is 4.47. The summed E-state index contributed by atoms with van der Waals surface area (Å²) in [6, 6.07) is -0.554. The summed E-state index contributed by atoms with van der Waals surface area (Å²) >= 11 is 0. The third-order valence-electron chi connectivity index (χ3n) is 3.95. The normalized spacial score (nSPS) is 34.7. The lowest BCUT2D eigenvalue weighted by atomic mass is 9.93. The maximum atomic E-state index is 12.4. The molecular formula is C12H20N2O4S. The zero-order valence-electron chi connectivity index (χ0n) is 11.5. The van der Waals surface area contributed by atoms with Gasteiger partial charge in [0.05, 0.1) is 17.0 Å². The summed E-state index contributed by atoms with van der Waals surface area (Å²) in [7, 11) is -3.11. The number of carbonyl (C=O) groups is 2. The number of hydrogen-bond acceptors (Lipinski definition) is 4. The number of amides is 2. The van der Waals surface area contributed by atoms with Crippen LogP contribution in [0.2, 0.25) is 0 Å². The molecule has 0 radical (unpaired) electrons. The minimum absolute atomic E-state index is 0.0131. The Hall–Kier alpha value is -1.11. The SMILES string of the molecule is CC(C)C1NC(=O)CN(C2(C)CCS(=O)(=O)C2)C1=O. The third-order valence-corrected chi connectivity index (χ3v) is 5.84. The number of nitrogens with zero attached hydrogens (tertiary/aromatic N) is 1. The molecule has 2 heterocycles. The van der Waals surface area contributed by atoms with Crippen LogP contribution in [0.25, 0.3) is 0 Å². The first-order valence-electron chi connectivity index (χ1n) is 6.46. The highest BCUT2D eigenvalue weighted by Crippen LogP contribution is 2.31. The van der Waals surface area contributed by atoms with Crippen LogP contribution in [-0.2, 0) is 19.4 Å². The van der Waals surface area contributed by atoms with Gasteiger partial charge < -0.3 is 10.2 Å². The summed E-state index contributed by atoms with van der Waals surface area (Å²) in [5.41, 5.74) is -0.749. The molecule has 0 saturated carbocycles. The van der Waals surface area contributed by atoms with Gasteiger partial charge in [0.25, 0.3) is 0 Å². The van der Waals surface area contributed by atoms with Gasteiger partial charge in [0.2, 0.25) is 11.8 Å². The van der Waals surface area contributed by atoms with Gasteiger partial charge >= 0.3 is 0 Å². The van der Waals surface area contributed by atoms with Crippen molar-refractivity contribution >= 4 is 21.7 Å². The average Bonchev–Trinajstić information content (AvgIpc) is 2.56. The van der Waals surface area contributed by atoms with E-state index in [1.807, 2.05) is 13.8 Å². The van der Waals surface area contributed by atoms with E-state index in [-0.39, 0.29) is 35.8 Å². The Morgan fingerprint density at radius 3 is 2.47 bits per heavy atom. The van der Waals surface area contributed by atoms with Crippen molar-refractivity contribution in [2.75, 3.05) is 18.1 Å². The van der Waals surface area contributed by atoms with Gasteiger partial charge in [0.15, 0.2) is 9.84 Å². The zero-order chi connectivity index (χ0) is 14.4. The first kappa shape index (κ1) is 14.3. The molecule has 6 nitrogen and oxygen atoms in total. The van der Waals surface area contributed by atoms with E-state index < -0.39 is 21.4 Å². The Balaban J connectivity index is 2.28. The predicted octanol–water partition coefficient (Wildman–Crippen LogP) is -0.453. The van der Waals surface area contributed by atoms with Crippen LogP contribution < -0.4 is 5.32 Å². The molecule has 1 N–H and O–H groups in total. The summed E-state index contributed by atoms with van der Waals surface area (Å²) in [6.45, 7) is 5.43. The average molecular weight is 288 g/mol. The number of nitrogens with one attached hydrogen (secondary N) is 1. The minimum Gasteiger partial charge on any atom is -0.343 e. The van der Waals surface area contributed by atoms with Gasteiger partial charge in [-0.3, -0.25) is 9.59 Å². The molecule has 2 fully saturated rings. The maximum Gasteiger partial charge on any atom is 0.246 e. The summed E-state index contributed by atoms with van der Waals surface area (Å²) in [5.74, 6) is -0.371. The summed E-state index contributed by atoms with van der Waals surface area (Å²) in [5, 5.41) is 2.68. The molecule has 7 heteroatoms. The second-order valence-electron chi connectivity index (χ2n) is 6.05. The molecule has 2 saturated heterocycles. The van der Waals surface area contributed by atoms with Gasteiger partial charge in [-0.1, -0.05) is 13.8 Å². The van der Waals surface area contributed by atoms with Crippen LogP contribution in [0.5, 0.6) is 0 Å². The Bertz CT molecular complexity index is 514. The number of carbonyl (C=O) groups excluding carboxylic acids is 2. The van der Waals surface area contributed by atoms with Crippen molar-refractivity contribution in [2.45, 2.75) is 38.8 Å². The van der Waals surface area contributed by atoms with E-state index in [9.17, 15) is 18.0 Å². The van der Waals surface area contributed by atoms with Gasteiger partial charge in [-0.25, -0.2) is 8.42 Å². The Morgan fingerprint density at radius 2 is 2.00 bits per heavy atom. The van der Waals surface area contributed by atoms with Gasteiger partial charge in [-0.2, -0.15) is 0 Å². The van der Waals surface area contributed by atoms with Crippen molar-refractivity contribution in [3.8, 4) is 0 Å². The van der Waals surface area contributed by atoms with Crippen LogP contribution in [0.15, 0.2) is 0 Å². The number of sulfone groups is 1. The lowest BCUT2D eigenvalue weighted by Crippen LogP contribution is -2.65. The van der Waals surface area contributed by atoms with Crippen LogP contribution in [0.1, 0.15) is 27.2 Å². The fraction of sp³-hybridized carbons (Fsp3) is 0.833. The van der Waals surface area contributed by atoms with Gasteiger partial charge in [-0.15, -0.1) is 0 Å². The van der Waals surface area contributed by atoms with Crippen molar-refractivity contribution in [3.05, 3.63) is 0 Å². The third kappa shape index (κ3) is 2.61. The number of piperazine rings is 1. The topological polar surface area (TPSA) is 83.6 Å². The van der Waals surface area contributed by atoms with E-state index in [1.165, 1.54) is 4.90 Å². The molecule has 0 spiro atoms. The minimum atomic E-state index is -3.11. The number of hydrogen-bond donors (Lipinski definition) is 1. The molecule has 2 amide bonds. The Kier molecular flexibility index (Phi) is 3.36. The molecule has 0 aromatic rings. The molecule has 2 rings (SSSR count). The maximum absolute atomic E-state index is 12.4. The molecule has 0 bridgehead atoms. The molecule has 0 aromatic heterocycles. The molecule has 108 valence electrons. The van der Waals surface area contributed by atoms with E-state index in [0.717, 1.165) is 0 Å². The fourth-order valence-electron chi connectivity index (χ4n) is 2.79. The molecule has 2 aliphatic heterocycles. The first-order valence-corrected chi connectivity index (χ1v) is 8.28. The van der Waals surface area contributed by atoms with E-state index >= 15 is 0 Å². The summed E-state index contributed by atoms with van der Waals surface area (Å²) in [4.78, 5) is 25.6. The van der Waals surface area contributed by atoms with Crippen molar-refractivity contribution in [2.24, 2.45) is 5.92 Å². The smallest absolute Gasteiger partial charge is 0.246 e. The molecule has 2 unspecified atom stereocenters. The van der Waals surface area contributed by atoms with Crippen LogP contribution in [0, 0.1) is 5.92 Å².